The number of thiocarbonyl (C=S) groups is 1. The van der Waals surface area contributed by atoms with E-state index < -0.39 is 5.97 Å². The third-order valence-electron chi connectivity index (χ3n) is 1.14. The Kier molecular flexibility index (Phi) is 2.63. The van der Waals surface area contributed by atoms with Crippen LogP contribution in [-0.4, -0.2) is 21.2 Å². The minimum atomic E-state index is -1.09. The predicted octanol–water partition coefficient (Wildman–Crippen LogP) is 1.51. The van der Waals surface area contributed by atoms with Crippen LogP contribution in [0.25, 0.3) is 0 Å². The van der Waals surface area contributed by atoms with Crippen LogP contribution >= 0.6 is 12.2 Å². The fourth-order valence-corrected chi connectivity index (χ4v) is 0.764. The molecule has 0 radical (unpaired) electrons. The van der Waals surface area contributed by atoms with E-state index in [1.807, 2.05) is 0 Å². The smallest absolute Gasteiger partial charge is 0.354 e. The molecule has 12 heavy (non-hydrogen) atoms. The van der Waals surface area contributed by atoms with Gasteiger partial charge in [0.2, 0.25) is 0 Å². The number of pyridine rings is 1. The maximum Gasteiger partial charge on any atom is 0.354 e. The first-order chi connectivity index (χ1) is 5.74. The molecule has 1 aromatic heterocycles. The van der Waals surface area contributed by atoms with Gasteiger partial charge in [-0.2, -0.15) is 4.99 Å². The zero-order chi connectivity index (χ0) is 8.97. The van der Waals surface area contributed by atoms with Gasteiger partial charge < -0.3 is 5.11 Å². The number of aliphatic imine (C=N–C) groups is 1. The molecule has 0 bridgehead atoms. The Bertz CT molecular complexity index is 341. The molecule has 0 aromatic carbocycles. The van der Waals surface area contributed by atoms with Gasteiger partial charge in [0.15, 0.2) is 0 Å². The summed E-state index contributed by atoms with van der Waals surface area (Å²) in [6, 6.07) is 2.87. The Hall–Kier alpha value is -1.58. The fraction of sp³-hybridized carbons (Fsp3) is 0. The molecule has 0 aliphatic heterocycles. The summed E-state index contributed by atoms with van der Waals surface area (Å²) in [6.45, 7) is 0. The van der Waals surface area contributed by atoms with Crippen LogP contribution in [-0.2, 0) is 0 Å². The Morgan fingerprint density at radius 1 is 1.75 bits per heavy atom. The van der Waals surface area contributed by atoms with Crippen LogP contribution in [0.3, 0.4) is 0 Å². The lowest BCUT2D eigenvalue weighted by Crippen LogP contribution is -1.98. The largest absolute Gasteiger partial charge is 0.477 e. The van der Waals surface area contributed by atoms with Crippen LogP contribution in [0.1, 0.15) is 10.5 Å². The first-order valence-electron chi connectivity index (χ1n) is 3.01. The first-order valence-corrected chi connectivity index (χ1v) is 3.42. The van der Waals surface area contributed by atoms with Crippen LogP contribution in [0.5, 0.6) is 0 Å². The van der Waals surface area contributed by atoms with Crippen molar-refractivity contribution in [2.45, 2.75) is 0 Å². The van der Waals surface area contributed by atoms with Crippen molar-refractivity contribution < 1.29 is 9.90 Å². The predicted molar refractivity (Wildman–Crippen MR) is 45.9 cm³/mol. The Morgan fingerprint density at radius 3 is 3.08 bits per heavy atom. The average Bonchev–Trinajstić information content (AvgIpc) is 2.05. The van der Waals surface area contributed by atoms with E-state index in [-0.39, 0.29) is 5.69 Å². The Labute approximate surface area is 73.6 Å². The molecular weight excluding hydrogens is 176 g/mol. The third kappa shape index (κ3) is 1.95. The molecule has 60 valence electrons. The summed E-state index contributed by atoms with van der Waals surface area (Å²) < 4.78 is 0. The standard InChI is InChI=1S/C7H4N2O2S/c10-7(11)6-3-5(9-4-12)1-2-8-6/h1-3H,(H,10,11). The zero-order valence-corrected chi connectivity index (χ0v) is 6.71. The number of aromatic carboxylic acids is 1. The highest BCUT2D eigenvalue weighted by molar-refractivity contribution is 7.78. The summed E-state index contributed by atoms with van der Waals surface area (Å²) in [5.74, 6) is -1.09. The minimum absolute atomic E-state index is 0.0542. The number of carboxylic acids is 1. The normalized spacial score (nSPS) is 8.67. The van der Waals surface area contributed by atoms with Gasteiger partial charge in [-0.25, -0.2) is 9.78 Å². The summed E-state index contributed by atoms with van der Waals surface area (Å²) in [7, 11) is 0. The van der Waals surface area contributed by atoms with Crippen molar-refractivity contribution in [1.82, 2.24) is 4.98 Å². The van der Waals surface area contributed by atoms with Crippen LogP contribution in [0.2, 0.25) is 0 Å². The lowest BCUT2D eigenvalue weighted by Gasteiger charge is -1.92. The third-order valence-corrected chi connectivity index (χ3v) is 1.23. The van der Waals surface area contributed by atoms with Crippen LogP contribution < -0.4 is 0 Å². The van der Waals surface area contributed by atoms with Gasteiger partial charge in [-0.1, -0.05) is 0 Å². The van der Waals surface area contributed by atoms with E-state index in [0.717, 1.165) is 0 Å². The average molecular weight is 180 g/mol. The fourth-order valence-electron chi connectivity index (χ4n) is 0.659. The van der Waals surface area contributed by atoms with Gasteiger partial charge in [-0.3, -0.25) is 0 Å². The molecule has 1 heterocycles. The molecule has 0 atom stereocenters. The van der Waals surface area contributed by atoms with Gasteiger partial charge in [0.25, 0.3) is 0 Å². The molecule has 0 fully saturated rings. The topological polar surface area (TPSA) is 62.5 Å². The SMILES string of the molecule is O=C(O)c1cc(N=C=S)ccn1. The Balaban J connectivity index is 3.11. The summed E-state index contributed by atoms with van der Waals surface area (Å²) >= 11 is 4.36. The Morgan fingerprint density at radius 2 is 2.50 bits per heavy atom. The van der Waals surface area contributed by atoms with Crippen LogP contribution in [0.4, 0.5) is 5.69 Å². The van der Waals surface area contributed by atoms with Crippen molar-refractivity contribution in [1.29, 1.82) is 0 Å². The molecule has 0 saturated heterocycles. The van der Waals surface area contributed by atoms with E-state index in [1.165, 1.54) is 12.3 Å². The summed E-state index contributed by atoms with van der Waals surface area (Å²) in [5, 5.41) is 10.7. The molecule has 1 aromatic rings. The summed E-state index contributed by atoms with van der Waals surface area (Å²) in [6.07, 6.45) is 1.36. The highest BCUT2D eigenvalue weighted by Crippen LogP contribution is 2.10. The second-order valence-corrected chi connectivity index (χ2v) is 2.09. The lowest BCUT2D eigenvalue weighted by atomic mass is 10.3. The number of hydrogen-bond donors (Lipinski definition) is 1. The van der Waals surface area contributed by atoms with Gasteiger partial charge in [0.1, 0.15) is 5.69 Å². The van der Waals surface area contributed by atoms with E-state index in [0.29, 0.717) is 5.69 Å². The molecule has 0 unspecified atom stereocenters. The second kappa shape index (κ2) is 3.71. The van der Waals surface area contributed by atoms with E-state index in [9.17, 15) is 4.79 Å². The van der Waals surface area contributed by atoms with Crippen molar-refractivity contribution in [3.05, 3.63) is 24.0 Å². The van der Waals surface area contributed by atoms with E-state index in [2.05, 4.69) is 27.4 Å². The maximum absolute atomic E-state index is 10.4. The number of carboxylic acid groups (broad SMARTS) is 1. The number of rotatable bonds is 2. The van der Waals surface area contributed by atoms with E-state index >= 15 is 0 Å². The molecule has 0 amide bonds. The number of isothiocyanates is 1. The molecule has 0 spiro atoms. The number of aromatic nitrogens is 1. The van der Waals surface area contributed by atoms with Gasteiger partial charge in [0, 0.05) is 6.20 Å². The van der Waals surface area contributed by atoms with Crippen molar-refractivity contribution in [2.24, 2.45) is 4.99 Å². The lowest BCUT2D eigenvalue weighted by molar-refractivity contribution is 0.0690. The van der Waals surface area contributed by atoms with Crippen LogP contribution in [0.15, 0.2) is 23.3 Å². The highest BCUT2D eigenvalue weighted by Gasteiger charge is 2.03. The van der Waals surface area contributed by atoms with Crippen molar-refractivity contribution in [3.63, 3.8) is 0 Å². The monoisotopic (exact) mass is 180 g/mol. The van der Waals surface area contributed by atoms with Crippen molar-refractivity contribution in [3.8, 4) is 0 Å². The molecule has 5 heteroatoms. The van der Waals surface area contributed by atoms with Gasteiger partial charge in [-0.15, -0.1) is 0 Å². The first kappa shape index (κ1) is 8.52. The molecule has 0 aliphatic carbocycles. The molecular formula is C7H4N2O2S. The number of carbonyl (C=O) groups is 1. The molecule has 0 saturated carbocycles. The quantitative estimate of drug-likeness (QED) is 0.553. The van der Waals surface area contributed by atoms with Gasteiger partial charge in [-0.05, 0) is 24.4 Å². The number of hydrogen-bond acceptors (Lipinski definition) is 4. The molecule has 1 rings (SSSR count). The minimum Gasteiger partial charge on any atom is -0.477 e. The highest BCUT2D eigenvalue weighted by atomic mass is 32.1. The van der Waals surface area contributed by atoms with Gasteiger partial charge in [0.05, 0.1) is 10.8 Å². The van der Waals surface area contributed by atoms with E-state index in [1.54, 1.807) is 6.07 Å². The number of nitrogens with zero attached hydrogens (tertiary/aromatic N) is 2. The van der Waals surface area contributed by atoms with Crippen molar-refractivity contribution >= 4 is 29.0 Å². The summed E-state index contributed by atoms with van der Waals surface area (Å²) in [4.78, 5) is 17.6. The second-order valence-electron chi connectivity index (χ2n) is 1.91. The van der Waals surface area contributed by atoms with E-state index in [4.69, 9.17) is 5.11 Å². The molecule has 4 nitrogen and oxygen atoms in total. The molecule has 1 N–H and O–H groups in total. The molecule has 0 aliphatic rings. The zero-order valence-electron chi connectivity index (χ0n) is 5.89. The maximum atomic E-state index is 10.4. The van der Waals surface area contributed by atoms with Gasteiger partial charge >= 0.3 is 5.97 Å². The summed E-state index contributed by atoms with van der Waals surface area (Å²) in [5.41, 5.74) is 0.388. The van der Waals surface area contributed by atoms with Crippen LogP contribution in [0, 0.1) is 0 Å². The van der Waals surface area contributed by atoms with Crippen molar-refractivity contribution in [2.75, 3.05) is 0 Å².